The Balaban J connectivity index is 1.67. The van der Waals surface area contributed by atoms with E-state index in [1.165, 1.54) is 6.07 Å². The number of phenols is 1. The molecule has 3 aromatic rings. The third-order valence-corrected chi connectivity index (χ3v) is 4.67. The molecule has 28 heavy (non-hydrogen) atoms. The van der Waals surface area contributed by atoms with E-state index in [9.17, 15) is 9.90 Å². The van der Waals surface area contributed by atoms with Crippen LogP contribution in [0.25, 0.3) is 0 Å². The van der Waals surface area contributed by atoms with Gasteiger partial charge in [0.05, 0.1) is 5.69 Å². The summed E-state index contributed by atoms with van der Waals surface area (Å²) in [5, 5.41) is 12.7. The first-order chi connectivity index (χ1) is 13.5. The van der Waals surface area contributed by atoms with Gasteiger partial charge in [-0.2, -0.15) is 0 Å². The highest BCUT2D eigenvalue weighted by molar-refractivity contribution is 5.30. The maximum atomic E-state index is 12.0. The third-order valence-electron chi connectivity index (χ3n) is 4.67. The zero-order valence-corrected chi connectivity index (χ0v) is 16.2. The van der Waals surface area contributed by atoms with Crippen molar-refractivity contribution in [2.75, 3.05) is 26.0 Å². The highest BCUT2D eigenvalue weighted by atomic mass is 16.3. The lowest BCUT2D eigenvalue weighted by Crippen LogP contribution is -2.37. The molecule has 146 valence electrons. The fourth-order valence-corrected chi connectivity index (χ4v) is 3.04. The molecular weight excluding hydrogens is 352 g/mol. The van der Waals surface area contributed by atoms with Crippen LogP contribution in [0.15, 0.2) is 65.5 Å². The highest BCUT2D eigenvalue weighted by Gasteiger charge is 2.13. The standard InChI is InChI=1S/C22H26N4O2/c1-26(2)19(13-17-8-10-20(27)11-9-17)15-23-22-24-18(14-21(28)25-22)12-16-6-4-3-5-7-16/h3-11,14,19,27H,12-13,15H2,1-2H3,(H2,23,24,25,28)/t19-/m1/s1. The molecule has 0 aliphatic heterocycles. The molecule has 3 N–H and O–H groups in total. The van der Waals surface area contributed by atoms with Crippen LogP contribution in [0.3, 0.4) is 0 Å². The Hall–Kier alpha value is -3.12. The molecule has 0 radical (unpaired) electrons. The molecule has 0 amide bonds. The fraction of sp³-hybridized carbons (Fsp3) is 0.273. The molecule has 1 aromatic heterocycles. The number of likely N-dealkylation sites (N-methyl/N-ethyl adjacent to an activating group) is 1. The number of aromatic hydroxyl groups is 1. The molecule has 2 aromatic carbocycles. The number of anilines is 1. The minimum absolute atomic E-state index is 0.164. The first-order valence-corrected chi connectivity index (χ1v) is 9.32. The van der Waals surface area contributed by atoms with Gasteiger partial charge in [0.1, 0.15) is 5.75 Å². The molecule has 0 bridgehead atoms. The van der Waals surface area contributed by atoms with Gasteiger partial charge in [0, 0.05) is 25.1 Å². The number of hydrogen-bond donors (Lipinski definition) is 3. The van der Waals surface area contributed by atoms with Crippen LogP contribution in [-0.4, -0.2) is 46.7 Å². The minimum Gasteiger partial charge on any atom is -0.508 e. The molecule has 0 aliphatic carbocycles. The Labute approximate surface area is 164 Å². The van der Waals surface area contributed by atoms with E-state index in [4.69, 9.17) is 0 Å². The largest absolute Gasteiger partial charge is 0.508 e. The molecular formula is C22H26N4O2. The van der Waals surface area contributed by atoms with Gasteiger partial charge >= 0.3 is 0 Å². The second kappa shape index (κ2) is 9.19. The number of nitrogens with zero attached hydrogens (tertiary/aromatic N) is 2. The van der Waals surface area contributed by atoms with E-state index in [1.54, 1.807) is 12.1 Å². The van der Waals surface area contributed by atoms with Crippen molar-refractivity contribution in [3.63, 3.8) is 0 Å². The first kappa shape index (κ1) is 19.6. The van der Waals surface area contributed by atoms with Crippen molar-refractivity contribution in [2.24, 2.45) is 0 Å². The Morgan fingerprint density at radius 2 is 1.79 bits per heavy atom. The Kier molecular flexibility index (Phi) is 6.45. The van der Waals surface area contributed by atoms with Gasteiger partial charge in [-0.05, 0) is 43.8 Å². The Bertz CT molecular complexity index is 937. The maximum Gasteiger partial charge on any atom is 0.252 e. The summed E-state index contributed by atoms with van der Waals surface area (Å²) in [4.78, 5) is 21.5. The summed E-state index contributed by atoms with van der Waals surface area (Å²) >= 11 is 0. The number of H-pyrrole nitrogens is 1. The predicted octanol–water partition coefficient (Wildman–Crippen LogP) is 2.65. The molecule has 0 saturated carbocycles. The average molecular weight is 378 g/mol. The zero-order chi connectivity index (χ0) is 19.9. The Morgan fingerprint density at radius 1 is 1.07 bits per heavy atom. The molecule has 0 unspecified atom stereocenters. The summed E-state index contributed by atoms with van der Waals surface area (Å²) in [6.07, 6.45) is 1.43. The second-order valence-corrected chi connectivity index (χ2v) is 7.12. The van der Waals surface area contributed by atoms with Gasteiger partial charge in [0.15, 0.2) is 0 Å². The van der Waals surface area contributed by atoms with Gasteiger partial charge < -0.3 is 15.3 Å². The average Bonchev–Trinajstić information content (AvgIpc) is 2.67. The summed E-state index contributed by atoms with van der Waals surface area (Å²) in [7, 11) is 4.05. The van der Waals surface area contributed by atoms with Crippen molar-refractivity contribution < 1.29 is 5.11 Å². The molecule has 0 spiro atoms. The van der Waals surface area contributed by atoms with E-state index in [2.05, 4.69) is 20.2 Å². The smallest absolute Gasteiger partial charge is 0.252 e. The normalized spacial score (nSPS) is 12.1. The lowest BCUT2D eigenvalue weighted by molar-refractivity contribution is 0.303. The van der Waals surface area contributed by atoms with Gasteiger partial charge in [0.2, 0.25) is 5.95 Å². The van der Waals surface area contributed by atoms with Crippen molar-refractivity contribution in [2.45, 2.75) is 18.9 Å². The number of hydrogen-bond acceptors (Lipinski definition) is 5. The lowest BCUT2D eigenvalue weighted by atomic mass is 10.1. The van der Waals surface area contributed by atoms with Crippen LogP contribution in [-0.2, 0) is 12.8 Å². The van der Waals surface area contributed by atoms with Crippen molar-refractivity contribution in [3.8, 4) is 5.75 Å². The molecule has 6 nitrogen and oxygen atoms in total. The minimum atomic E-state index is -0.164. The van der Waals surface area contributed by atoms with Crippen molar-refractivity contribution in [1.82, 2.24) is 14.9 Å². The SMILES string of the molecule is CN(C)[C@@H](CNc1nc(Cc2ccccc2)cc(=O)[nH]1)Cc1ccc(O)cc1. The van der Waals surface area contributed by atoms with Crippen LogP contribution < -0.4 is 10.9 Å². The van der Waals surface area contributed by atoms with Crippen LogP contribution in [0.2, 0.25) is 0 Å². The molecule has 0 saturated heterocycles. The van der Waals surface area contributed by atoms with Crippen LogP contribution in [0, 0.1) is 0 Å². The summed E-state index contributed by atoms with van der Waals surface area (Å²) in [6.45, 7) is 0.631. The highest BCUT2D eigenvalue weighted by Crippen LogP contribution is 2.13. The summed E-state index contributed by atoms with van der Waals surface area (Å²) in [5.41, 5.74) is 2.82. The van der Waals surface area contributed by atoms with E-state index in [0.29, 0.717) is 18.9 Å². The van der Waals surface area contributed by atoms with Crippen LogP contribution in [0.5, 0.6) is 5.75 Å². The lowest BCUT2D eigenvalue weighted by Gasteiger charge is -2.25. The van der Waals surface area contributed by atoms with Gasteiger partial charge in [-0.25, -0.2) is 4.98 Å². The molecule has 1 atom stereocenters. The van der Waals surface area contributed by atoms with E-state index in [0.717, 1.165) is 23.2 Å². The van der Waals surface area contributed by atoms with E-state index in [-0.39, 0.29) is 17.4 Å². The topological polar surface area (TPSA) is 81.2 Å². The van der Waals surface area contributed by atoms with Gasteiger partial charge in [0.25, 0.3) is 5.56 Å². The monoisotopic (exact) mass is 378 g/mol. The number of phenolic OH excluding ortho intramolecular Hbond substituents is 1. The summed E-state index contributed by atoms with van der Waals surface area (Å²) in [6, 6.07) is 19.0. The van der Waals surface area contributed by atoms with Gasteiger partial charge in [-0.3, -0.25) is 9.78 Å². The number of rotatable bonds is 8. The number of aromatic nitrogens is 2. The van der Waals surface area contributed by atoms with Gasteiger partial charge in [-0.15, -0.1) is 0 Å². The second-order valence-electron chi connectivity index (χ2n) is 7.12. The molecule has 3 rings (SSSR count). The third kappa shape index (κ3) is 5.69. The van der Waals surface area contributed by atoms with Gasteiger partial charge in [-0.1, -0.05) is 42.5 Å². The van der Waals surface area contributed by atoms with E-state index >= 15 is 0 Å². The van der Waals surface area contributed by atoms with Crippen LogP contribution >= 0.6 is 0 Å². The molecule has 0 aliphatic rings. The predicted molar refractivity (Wildman–Crippen MR) is 112 cm³/mol. The number of benzene rings is 2. The molecule has 1 heterocycles. The molecule has 0 fully saturated rings. The quantitative estimate of drug-likeness (QED) is 0.561. The molecule has 6 heteroatoms. The van der Waals surface area contributed by atoms with E-state index < -0.39 is 0 Å². The van der Waals surface area contributed by atoms with Crippen molar-refractivity contribution in [3.05, 3.63) is 87.8 Å². The van der Waals surface area contributed by atoms with Crippen molar-refractivity contribution in [1.29, 1.82) is 0 Å². The van der Waals surface area contributed by atoms with E-state index in [1.807, 2.05) is 56.6 Å². The first-order valence-electron chi connectivity index (χ1n) is 9.32. The summed E-state index contributed by atoms with van der Waals surface area (Å²) in [5.74, 6) is 0.747. The van der Waals surface area contributed by atoms with Crippen LogP contribution in [0.4, 0.5) is 5.95 Å². The fourth-order valence-electron chi connectivity index (χ4n) is 3.04. The van der Waals surface area contributed by atoms with Crippen molar-refractivity contribution >= 4 is 5.95 Å². The zero-order valence-electron chi connectivity index (χ0n) is 16.2. The summed E-state index contributed by atoms with van der Waals surface area (Å²) < 4.78 is 0. The number of aromatic amines is 1. The maximum absolute atomic E-state index is 12.0. The Morgan fingerprint density at radius 3 is 2.46 bits per heavy atom. The number of nitrogens with one attached hydrogen (secondary N) is 2. The van der Waals surface area contributed by atoms with Crippen LogP contribution in [0.1, 0.15) is 16.8 Å².